The molecule has 7 heteroatoms. The zero-order valence-corrected chi connectivity index (χ0v) is 16.4. The van der Waals surface area contributed by atoms with Gasteiger partial charge in [0.25, 0.3) is 5.78 Å². The fourth-order valence-corrected chi connectivity index (χ4v) is 3.99. The van der Waals surface area contributed by atoms with Crippen LogP contribution in [0.25, 0.3) is 5.76 Å². The number of amides is 1. The van der Waals surface area contributed by atoms with Gasteiger partial charge in [-0.15, -0.1) is 11.3 Å². The van der Waals surface area contributed by atoms with E-state index in [1.165, 1.54) is 16.2 Å². The fraction of sp³-hybridized carbons (Fsp3) is 0.0952. The molecule has 28 heavy (non-hydrogen) atoms. The van der Waals surface area contributed by atoms with Crippen LogP contribution in [0, 0.1) is 6.92 Å². The van der Waals surface area contributed by atoms with Crippen molar-refractivity contribution < 1.29 is 14.7 Å². The molecule has 1 aliphatic heterocycles. The first-order valence-corrected chi connectivity index (χ1v) is 9.76. The number of ketones is 1. The van der Waals surface area contributed by atoms with Gasteiger partial charge in [-0.1, -0.05) is 41.4 Å². The Hall–Kier alpha value is -2.96. The first kappa shape index (κ1) is 18.4. The number of aliphatic hydroxyl groups is 1. The Morgan fingerprint density at radius 2 is 1.79 bits per heavy atom. The molecule has 2 aromatic carbocycles. The van der Waals surface area contributed by atoms with E-state index in [0.717, 1.165) is 11.1 Å². The third kappa shape index (κ3) is 3.10. The van der Waals surface area contributed by atoms with Crippen LogP contribution in [0.5, 0.6) is 0 Å². The predicted octanol–water partition coefficient (Wildman–Crippen LogP) is 4.73. The molecule has 140 valence electrons. The van der Waals surface area contributed by atoms with Crippen molar-refractivity contribution in [1.82, 2.24) is 4.98 Å². The van der Waals surface area contributed by atoms with Gasteiger partial charge in [-0.25, -0.2) is 4.98 Å². The Morgan fingerprint density at radius 1 is 1.11 bits per heavy atom. The normalized spacial score (nSPS) is 18.6. The summed E-state index contributed by atoms with van der Waals surface area (Å²) in [7, 11) is 0. The number of thiazole rings is 1. The molecule has 1 amide bonds. The number of Topliss-reactive ketones (excluding diaryl/α,β-unsaturated/α-hetero) is 1. The number of aryl methyl sites for hydroxylation is 1. The van der Waals surface area contributed by atoms with E-state index in [9.17, 15) is 14.7 Å². The summed E-state index contributed by atoms with van der Waals surface area (Å²) in [5, 5.41) is 13.6. The average molecular weight is 411 g/mol. The Balaban J connectivity index is 1.93. The number of hydrogen-bond acceptors (Lipinski definition) is 5. The lowest BCUT2D eigenvalue weighted by molar-refractivity contribution is -0.132. The fourth-order valence-electron chi connectivity index (χ4n) is 3.19. The van der Waals surface area contributed by atoms with Gasteiger partial charge in [0.05, 0.1) is 11.6 Å². The number of benzene rings is 2. The molecule has 1 N–H and O–H groups in total. The van der Waals surface area contributed by atoms with Crippen LogP contribution >= 0.6 is 22.9 Å². The van der Waals surface area contributed by atoms with Gasteiger partial charge in [0, 0.05) is 22.2 Å². The van der Waals surface area contributed by atoms with Crippen LogP contribution in [0.15, 0.2) is 65.7 Å². The number of nitrogens with zero attached hydrogens (tertiary/aromatic N) is 2. The predicted molar refractivity (Wildman–Crippen MR) is 110 cm³/mol. The maximum atomic E-state index is 12.9. The van der Waals surface area contributed by atoms with Crippen LogP contribution in [0.4, 0.5) is 5.13 Å². The molecule has 1 fully saturated rings. The monoisotopic (exact) mass is 410 g/mol. The topological polar surface area (TPSA) is 70.5 Å². The Kier molecular flexibility index (Phi) is 4.75. The van der Waals surface area contributed by atoms with Gasteiger partial charge in [0.2, 0.25) is 0 Å². The molecular weight excluding hydrogens is 396 g/mol. The van der Waals surface area contributed by atoms with Crippen LogP contribution < -0.4 is 4.90 Å². The van der Waals surface area contributed by atoms with Gasteiger partial charge in [-0.05, 0) is 36.8 Å². The van der Waals surface area contributed by atoms with E-state index in [2.05, 4.69) is 4.98 Å². The lowest BCUT2D eigenvalue weighted by atomic mass is 9.95. The van der Waals surface area contributed by atoms with Gasteiger partial charge in [-0.2, -0.15) is 0 Å². The highest BCUT2D eigenvalue weighted by molar-refractivity contribution is 7.14. The molecule has 1 aromatic heterocycles. The molecule has 3 aromatic rings. The lowest BCUT2D eigenvalue weighted by Gasteiger charge is -2.23. The summed E-state index contributed by atoms with van der Waals surface area (Å²) < 4.78 is 0. The maximum Gasteiger partial charge on any atom is 0.301 e. The molecule has 0 bridgehead atoms. The van der Waals surface area contributed by atoms with Crippen molar-refractivity contribution >= 4 is 45.5 Å². The van der Waals surface area contributed by atoms with Crippen LogP contribution in [0.1, 0.15) is 22.7 Å². The quantitative estimate of drug-likeness (QED) is 0.385. The Morgan fingerprint density at radius 3 is 2.39 bits per heavy atom. The van der Waals surface area contributed by atoms with E-state index < -0.39 is 17.7 Å². The van der Waals surface area contributed by atoms with Gasteiger partial charge in [-0.3, -0.25) is 14.5 Å². The standard InChI is InChI=1S/C21H15ClN2O3S/c1-12-2-4-13(5-3-12)17-16(18(25)14-6-8-15(22)9-7-14)19(26)20(27)24(17)21-23-10-11-28-21/h2-11,17,25H,1H3/t17-/m1/s1. The van der Waals surface area contributed by atoms with Crippen molar-refractivity contribution in [2.75, 3.05) is 4.90 Å². The second-order valence-corrected chi connectivity index (χ2v) is 7.71. The minimum absolute atomic E-state index is 0.0337. The smallest absolute Gasteiger partial charge is 0.301 e. The van der Waals surface area contributed by atoms with Gasteiger partial charge in [0.15, 0.2) is 5.13 Å². The molecule has 1 aliphatic rings. The molecule has 0 spiro atoms. The minimum Gasteiger partial charge on any atom is -0.507 e. The number of aliphatic hydroxyl groups excluding tert-OH is 1. The van der Waals surface area contributed by atoms with Crippen molar-refractivity contribution in [3.63, 3.8) is 0 Å². The van der Waals surface area contributed by atoms with Crippen molar-refractivity contribution in [2.24, 2.45) is 0 Å². The maximum absolute atomic E-state index is 12.9. The minimum atomic E-state index is -0.762. The number of hydrogen-bond donors (Lipinski definition) is 1. The number of carbonyl (C=O) groups excluding carboxylic acids is 2. The van der Waals surface area contributed by atoms with E-state index in [4.69, 9.17) is 11.6 Å². The highest BCUT2D eigenvalue weighted by Crippen LogP contribution is 2.42. The molecular formula is C21H15ClN2O3S. The van der Waals surface area contributed by atoms with Crippen LogP contribution in [0.2, 0.25) is 5.02 Å². The highest BCUT2D eigenvalue weighted by atomic mass is 35.5. The van der Waals surface area contributed by atoms with E-state index in [0.29, 0.717) is 15.7 Å². The highest BCUT2D eigenvalue weighted by Gasteiger charge is 2.47. The molecule has 0 saturated carbocycles. The van der Waals surface area contributed by atoms with Gasteiger partial charge < -0.3 is 5.11 Å². The zero-order valence-electron chi connectivity index (χ0n) is 14.8. The second kappa shape index (κ2) is 7.22. The number of carbonyl (C=O) groups is 2. The SMILES string of the molecule is Cc1ccc([C@@H]2C(=C(O)c3ccc(Cl)cc3)C(=O)C(=O)N2c2nccs2)cc1. The molecule has 2 heterocycles. The van der Waals surface area contributed by atoms with E-state index in [-0.39, 0.29) is 11.3 Å². The van der Waals surface area contributed by atoms with Crippen molar-refractivity contribution in [3.05, 3.63) is 87.4 Å². The van der Waals surface area contributed by atoms with Crippen molar-refractivity contribution in [1.29, 1.82) is 0 Å². The summed E-state index contributed by atoms with van der Waals surface area (Å²) in [4.78, 5) is 31.3. The molecule has 0 unspecified atom stereocenters. The number of aromatic nitrogens is 1. The van der Waals surface area contributed by atoms with Crippen molar-refractivity contribution in [2.45, 2.75) is 13.0 Å². The second-order valence-electron chi connectivity index (χ2n) is 6.40. The first-order valence-electron chi connectivity index (χ1n) is 8.50. The Labute approximate surface area is 170 Å². The summed E-state index contributed by atoms with van der Waals surface area (Å²) in [6.07, 6.45) is 1.57. The molecule has 0 radical (unpaired) electrons. The summed E-state index contributed by atoms with van der Waals surface area (Å²) in [6.45, 7) is 1.95. The number of rotatable bonds is 3. The molecule has 1 atom stereocenters. The molecule has 4 rings (SSSR count). The number of anilines is 1. The summed E-state index contributed by atoms with van der Waals surface area (Å²) in [6, 6.07) is 13.2. The largest absolute Gasteiger partial charge is 0.507 e. The van der Waals surface area contributed by atoms with Crippen molar-refractivity contribution in [3.8, 4) is 0 Å². The van der Waals surface area contributed by atoms with Gasteiger partial charge >= 0.3 is 5.91 Å². The summed E-state index contributed by atoms with van der Waals surface area (Å²) in [5.41, 5.74) is 2.22. The first-order chi connectivity index (χ1) is 13.5. The van der Waals surface area contributed by atoms with Crippen LogP contribution in [-0.2, 0) is 9.59 Å². The molecule has 5 nitrogen and oxygen atoms in total. The average Bonchev–Trinajstić information content (AvgIpc) is 3.30. The Bertz CT molecular complexity index is 1070. The zero-order chi connectivity index (χ0) is 19.8. The molecule has 1 saturated heterocycles. The lowest BCUT2D eigenvalue weighted by Crippen LogP contribution is -2.29. The summed E-state index contributed by atoms with van der Waals surface area (Å²) in [5.74, 6) is -1.69. The third-order valence-electron chi connectivity index (χ3n) is 4.58. The molecule has 0 aliphatic carbocycles. The van der Waals surface area contributed by atoms with Crippen LogP contribution in [-0.4, -0.2) is 21.8 Å². The van der Waals surface area contributed by atoms with E-state index in [1.54, 1.807) is 35.8 Å². The van der Waals surface area contributed by atoms with Gasteiger partial charge in [0.1, 0.15) is 5.76 Å². The summed E-state index contributed by atoms with van der Waals surface area (Å²) >= 11 is 7.18. The van der Waals surface area contributed by atoms with E-state index >= 15 is 0 Å². The number of halogens is 1. The van der Waals surface area contributed by atoms with Crippen LogP contribution in [0.3, 0.4) is 0 Å². The third-order valence-corrected chi connectivity index (χ3v) is 5.60. The van der Waals surface area contributed by atoms with E-state index in [1.807, 2.05) is 31.2 Å².